The molecule has 0 radical (unpaired) electrons. The quantitative estimate of drug-likeness (QED) is 0.781. The Labute approximate surface area is 120 Å². The number of nitrogens with two attached hydrogens (primary N) is 1. The van der Waals surface area contributed by atoms with Crippen molar-refractivity contribution in [1.82, 2.24) is 10.3 Å². The fourth-order valence-corrected chi connectivity index (χ4v) is 2.82. The molecule has 2 rings (SSSR count). The van der Waals surface area contributed by atoms with Gasteiger partial charge in [-0.15, -0.1) is 0 Å². The Morgan fingerprint density at radius 2 is 2.35 bits per heavy atom. The van der Waals surface area contributed by atoms with E-state index in [2.05, 4.69) is 29.5 Å². The van der Waals surface area contributed by atoms with Gasteiger partial charge < -0.3 is 16.4 Å². The summed E-state index contributed by atoms with van der Waals surface area (Å²) in [7, 11) is 0. The van der Waals surface area contributed by atoms with E-state index in [-0.39, 0.29) is 5.41 Å². The minimum absolute atomic E-state index is 0.238. The number of primary amides is 1. The second-order valence-corrected chi connectivity index (χ2v) is 6.20. The summed E-state index contributed by atoms with van der Waals surface area (Å²) >= 11 is 0. The summed E-state index contributed by atoms with van der Waals surface area (Å²) in [4.78, 5) is 15.8. The minimum Gasteiger partial charge on any atom is -0.368 e. The molecule has 1 saturated heterocycles. The summed E-state index contributed by atoms with van der Waals surface area (Å²) in [5.41, 5.74) is 7.02. The first-order valence-corrected chi connectivity index (χ1v) is 7.14. The number of amides is 1. The molecular formula is C15H24N4O. The van der Waals surface area contributed by atoms with E-state index in [4.69, 9.17) is 5.73 Å². The fraction of sp³-hybridized carbons (Fsp3) is 0.600. The molecule has 0 aliphatic carbocycles. The lowest BCUT2D eigenvalue weighted by Crippen LogP contribution is -2.50. The number of carbonyl (C=O) groups is 1. The van der Waals surface area contributed by atoms with Crippen molar-refractivity contribution in [3.8, 4) is 0 Å². The molecule has 110 valence electrons. The van der Waals surface area contributed by atoms with E-state index in [0.29, 0.717) is 17.4 Å². The van der Waals surface area contributed by atoms with Crippen LogP contribution in [0.2, 0.25) is 0 Å². The number of rotatable bonds is 4. The number of hydrogen-bond acceptors (Lipinski definition) is 4. The average molecular weight is 276 g/mol. The molecule has 1 aliphatic heterocycles. The van der Waals surface area contributed by atoms with Crippen molar-refractivity contribution >= 4 is 11.7 Å². The lowest BCUT2D eigenvalue weighted by atomic mass is 9.77. The number of piperidine rings is 1. The van der Waals surface area contributed by atoms with E-state index in [1.807, 2.05) is 6.92 Å². The number of aromatic nitrogens is 1. The van der Waals surface area contributed by atoms with Crippen molar-refractivity contribution in [3.05, 3.63) is 23.4 Å². The SMILES string of the molecule is Cc1ccnc(NCC2NCCCC2(C)C)c1C(N)=O. The highest BCUT2D eigenvalue weighted by Crippen LogP contribution is 2.30. The zero-order valence-corrected chi connectivity index (χ0v) is 12.5. The maximum atomic E-state index is 11.5. The van der Waals surface area contributed by atoms with E-state index in [0.717, 1.165) is 18.7 Å². The maximum absolute atomic E-state index is 11.5. The molecule has 1 atom stereocenters. The maximum Gasteiger partial charge on any atom is 0.252 e. The molecule has 0 bridgehead atoms. The van der Waals surface area contributed by atoms with Gasteiger partial charge in [0.1, 0.15) is 5.82 Å². The molecule has 1 unspecified atom stereocenters. The van der Waals surface area contributed by atoms with Crippen LogP contribution in [0, 0.1) is 12.3 Å². The van der Waals surface area contributed by atoms with Gasteiger partial charge in [-0.2, -0.15) is 0 Å². The molecule has 5 heteroatoms. The summed E-state index contributed by atoms with van der Waals surface area (Å²) in [5, 5.41) is 6.82. The van der Waals surface area contributed by atoms with Crippen molar-refractivity contribution in [2.45, 2.75) is 39.7 Å². The molecule has 0 spiro atoms. The van der Waals surface area contributed by atoms with Crippen LogP contribution in [0.4, 0.5) is 5.82 Å². The monoisotopic (exact) mass is 276 g/mol. The molecule has 1 aromatic rings. The van der Waals surface area contributed by atoms with E-state index in [1.165, 1.54) is 12.8 Å². The second-order valence-electron chi connectivity index (χ2n) is 6.20. The van der Waals surface area contributed by atoms with Gasteiger partial charge in [-0.25, -0.2) is 4.98 Å². The Bertz CT molecular complexity index is 499. The van der Waals surface area contributed by atoms with Crippen LogP contribution in [0.15, 0.2) is 12.3 Å². The normalized spacial score (nSPS) is 21.4. The molecule has 2 heterocycles. The van der Waals surface area contributed by atoms with Crippen LogP contribution in [0.5, 0.6) is 0 Å². The van der Waals surface area contributed by atoms with Crippen molar-refractivity contribution in [2.24, 2.45) is 11.1 Å². The number of pyridine rings is 1. The van der Waals surface area contributed by atoms with Crippen LogP contribution in [0.25, 0.3) is 0 Å². The largest absolute Gasteiger partial charge is 0.368 e. The van der Waals surface area contributed by atoms with Gasteiger partial charge in [0.25, 0.3) is 5.91 Å². The summed E-state index contributed by atoms with van der Waals surface area (Å²) in [5.74, 6) is 0.148. The third kappa shape index (κ3) is 3.10. The Hall–Kier alpha value is -1.62. The Balaban J connectivity index is 2.11. The summed E-state index contributed by atoms with van der Waals surface area (Å²) in [6, 6.07) is 2.16. The van der Waals surface area contributed by atoms with Crippen molar-refractivity contribution in [2.75, 3.05) is 18.4 Å². The zero-order chi connectivity index (χ0) is 14.8. The molecule has 1 aromatic heterocycles. The second kappa shape index (κ2) is 5.79. The minimum atomic E-state index is -0.436. The molecule has 20 heavy (non-hydrogen) atoms. The zero-order valence-electron chi connectivity index (χ0n) is 12.5. The number of aryl methyl sites for hydroxylation is 1. The molecule has 0 saturated carbocycles. The molecule has 1 fully saturated rings. The van der Waals surface area contributed by atoms with Crippen LogP contribution in [-0.2, 0) is 0 Å². The predicted octanol–water partition coefficient (Wildman–Crippen LogP) is 1.68. The van der Waals surface area contributed by atoms with Crippen LogP contribution >= 0.6 is 0 Å². The number of nitrogens with one attached hydrogen (secondary N) is 2. The summed E-state index contributed by atoms with van der Waals surface area (Å²) < 4.78 is 0. The lowest BCUT2D eigenvalue weighted by Gasteiger charge is -2.39. The molecule has 0 aromatic carbocycles. The Morgan fingerprint density at radius 3 is 3.00 bits per heavy atom. The Morgan fingerprint density at radius 1 is 1.60 bits per heavy atom. The van der Waals surface area contributed by atoms with Gasteiger partial charge in [0, 0.05) is 18.8 Å². The standard InChI is InChI=1S/C15H24N4O/c1-10-5-8-18-14(12(10)13(16)20)19-9-11-15(2,3)6-4-7-17-11/h5,8,11,17H,4,6-7,9H2,1-3H3,(H2,16,20)(H,18,19). The van der Waals surface area contributed by atoms with Gasteiger partial charge in [-0.05, 0) is 43.4 Å². The highest BCUT2D eigenvalue weighted by Gasteiger charge is 2.31. The smallest absolute Gasteiger partial charge is 0.252 e. The van der Waals surface area contributed by atoms with E-state index < -0.39 is 5.91 Å². The van der Waals surface area contributed by atoms with Crippen LogP contribution < -0.4 is 16.4 Å². The average Bonchev–Trinajstić information content (AvgIpc) is 2.36. The van der Waals surface area contributed by atoms with Gasteiger partial charge in [-0.1, -0.05) is 13.8 Å². The first-order valence-electron chi connectivity index (χ1n) is 7.14. The van der Waals surface area contributed by atoms with E-state index >= 15 is 0 Å². The third-order valence-electron chi connectivity index (χ3n) is 4.21. The van der Waals surface area contributed by atoms with Gasteiger partial charge in [-0.3, -0.25) is 4.79 Å². The van der Waals surface area contributed by atoms with Crippen molar-refractivity contribution < 1.29 is 4.79 Å². The lowest BCUT2D eigenvalue weighted by molar-refractivity contribution is 0.1000. The van der Waals surface area contributed by atoms with E-state index in [1.54, 1.807) is 12.3 Å². The van der Waals surface area contributed by atoms with Crippen molar-refractivity contribution in [1.29, 1.82) is 0 Å². The first-order chi connectivity index (χ1) is 9.42. The summed E-state index contributed by atoms with van der Waals surface area (Å²) in [6.45, 7) is 8.19. The molecular weight excluding hydrogens is 252 g/mol. The first kappa shape index (κ1) is 14.8. The van der Waals surface area contributed by atoms with Crippen LogP contribution in [0.1, 0.15) is 42.6 Å². The fourth-order valence-electron chi connectivity index (χ4n) is 2.82. The van der Waals surface area contributed by atoms with Crippen molar-refractivity contribution in [3.63, 3.8) is 0 Å². The molecule has 4 N–H and O–H groups in total. The van der Waals surface area contributed by atoms with Gasteiger partial charge in [0.15, 0.2) is 0 Å². The molecule has 1 aliphatic rings. The van der Waals surface area contributed by atoms with Gasteiger partial charge in [0.2, 0.25) is 0 Å². The highest BCUT2D eigenvalue weighted by atomic mass is 16.1. The third-order valence-corrected chi connectivity index (χ3v) is 4.21. The molecule has 1 amide bonds. The number of carbonyl (C=O) groups excluding carboxylic acids is 1. The molecule has 5 nitrogen and oxygen atoms in total. The van der Waals surface area contributed by atoms with E-state index in [9.17, 15) is 4.79 Å². The summed E-state index contributed by atoms with van der Waals surface area (Å²) in [6.07, 6.45) is 4.11. The number of hydrogen-bond donors (Lipinski definition) is 3. The van der Waals surface area contributed by atoms with Crippen LogP contribution in [0.3, 0.4) is 0 Å². The predicted molar refractivity (Wildman–Crippen MR) is 80.8 cm³/mol. The van der Waals surface area contributed by atoms with Crippen LogP contribution in [-0.4, -0.2) is 30.0 Å². The Kier molecular flexibility index (Phi) is 4.28. The number of anilines is 1. The van der Waals surface area contributed by atoms with Gasteiger partial charge >= 0.3 is 0 Å². The highest BCUT2D eigenvalue weighted by molar-refractivity contribution is 5.98. The number of nitrogens with zero attached hydrogens (tertiary/aromatic N) is 1. The topological polar surface area (TPSA) is 80.0 Å². The van der Waals surface area contributed by atoms with Gasteiger partial charge in [0.05, 0.1) is 5.56 Å².